The summed E-state index contributed by atoms with van der Waals surface area (Å²) in [4.78, 5) is 24.1. The van der Waals surface area contributed by atoms with Gasteiger partial charge in [-0.3, -0.25) is 9.59 Å². The highest BCUT2D eigenvalue weighted by Gasteiger charge is 2.16. The number of carbonyl (C=O) groups is 2. The van der Waals surface area contributed by atoms with Crippen LogP contribution in [0.3, 0.4) is 0 Å². The Balaban J connectivity index is 2.05. The van der Waals surface area contributed by atoms with E-state index in [-0.39, 0.29) is 0 Å². The minimum atomic E-state index is -0.931. The van der Waals surface area contributed by atoms with Crippen LogP contribution in [0.1, 0.15) is 12.5 Å². The molecule has 2 amide bonds. The van der Waals surface area contributed by atoms with Gasteiger partial charge in [0.25, 0.3) is 0 Å². The molecule has 0 saturated heterocycles. The normalized spacial score (nSPS) is 10.3. The van der Waals surface area contributed by atoms with Crippen LogP contribution in [-0.4, -0.2) is 46.0 Å². The molecule has 0 aliphatic heterocycles. The van der Waals surface area contributed by atoms with Gasteiger partial charge in [-0.25, -0.2) is 5.43 Å². The van der Waals surface area contributed by atoms with Crippen LogP contribution in [0.4, 0.5) is 5.69 Å². The predicted molar refractivity (Wildman–Crippen MR) is 108 cm³/mol. The Bertz CT molecular complexity index is 873. The SMILES string of the molecule is CCOc1ccccc1NC(=O)C(=O)N/N=C\c1cc(OC)c(OC)c(OC)c1. The summed E-state index contributed by atoms with van der Waals surface area (Å²) in [5.41, 5.74) is 3.13. The second-order valence-corrected chi connectivity index (χ2v) is 5.54. The number of hydrazone groups is 1. The van der Waals surface area contributed by atoms with Crippen molar-refractivity contribution < 1.29 is 28.5 Å². The Morgan fingerprint density at radius 3 is 2.21 bits per heavy atom. The molecule has 0 heterocycles. The first-order valence-corrected chi connectivity index (χ1v) is 8.70. The fraction of sp³-hybridized carbons (Fsp3) is 0.250. The van der Waals surface area contributed by atoms with E-state index in [2.05, 4.69) is 15.8 Å². The molecular weight excluding hydrogens is 378 g/mol. The second kappa shape index (κ2) is 10.5. The number of rotatable bonds is 8. The average molecular weight is 401 g/mol. The molecule has 2 aromatic rings. The second-order valence-electron chi connectivity index (χ2n) is 5.54. The maximum Gasteiger partial charge on any atom is 0.329 e. The largest absolute Gasteiger partial charge is 0.493 e. The fourth-order valence-electron chi connectivity index (χ4n) is 2.42. The number of hydrogen-bond acceptors (Lipinski definition) is 7. The van der Waals surface area contributed by atoms with Crippen molar-refractivity contribution in [3.63, 3.8) is 0 Å². The van der Waals surface area contributed by atoms with Crippen LogP contribution in [-0.2, 0) is 9.59 Å². The van der Waals surface area contributed by atoms with Crippen molar-refractivity contribution in [1.82, 2.24) is 5.43 Å². The molecule has 9 nitrogen and oxygen atoms in total. The average Bonchev–Trinajstić information content (AvgIpc) is 2.74. The van der Waals surface area contributed by atoms with Crippen molar-refractivity contribution >= 4 is 23.7 Å². The lowest BCUT2D eigenvalue weighted by molar-refractivity contribution is -0.136. The summed E-state index contributed by atoms with van der Waals surface area (Å²) >= 11 is 0. The van der Waals surface area contributed by atoms with E-state index >= 15 is 0 Å². The topological polar surface area (TPSA) is 107 Å². The smallest absolute Gasteiger partial charge is 0.329 e. The molecule has 0 spiro atoms. The molecule has 0 unspecified atom stereocenters. The fourth-order valence-corrected chi connectivity index (χ4v) is 2.42. The number of benzene rings is 2. The van der Waals surface area contributed by atoms with Gasteiger partial charge in [0.15, 0.2) is 11.5 Å². The van der Waals surface area contributed by atoms with Crippen LogP contribution in [0.5, 0.6) is 23.0 Å². The van der Waals surface area contributed by atoms with Gasteiger partial charge in [0.1, 0.15) is 5.75 Å². The van der Waals surface area contributed by atoms with Crippen molar-refractivity contribution in [2.75, 3.05) is 33.3 Å². The standard InChI is InChI=1S/C20H23N3O6/c1-5-29-15-9-7-6-8-14(15)22-19(24)20(25)23-21-12-13-10-16(26-2)18(28-4)17(11-13)27-3/h6-12H,5H2,1-4H3,(H,22,24)(H,23,25)/b21-12-. The number of para-hydroxylation sites is 2. The zero-order chi connectivity index (χ0) is 21.2. The molecule has 0 fully saturated rings. The first kappa shape index (κ1) is 21.5. The maximum absolute atomic E-state index is 12.1. The van der Waals surface area contributed by atoms with E-state index in [0.29, 0.717) is 40.9 Å². The molecule has 2 rings (SSSR count). The van der Waals surface area contributed by atoms with Crippen molar-refractivity contribution in [3.8, 4) is 23.0 Å². The lowest BCUT2D eigenvalue weighted by Crippen LogP contribution is -2.32. The molecule has 0 saturated carbocycles. The predicted octanol–water partition coefficient (Wildman–Crippen LogP) is 2.20. The van der Waals surface area contributed by atoms with Gasteiger partial charge >= 0.3 is 11.8 Å². The molecule has 0 bridgehead atoms. The van der Waals surface area contributed by atoms with E-state index in [0.717, 1.165) is 0 Å². The van der Waals surface area contributed by atoms with E-state index in [1.807, 2.05) is 6.92 Å². The zero-order valence-electron chi connectivity index (χ0n) is 16.6. The number of ether oxygens (including phenoxy) is 4. The van der Waals surface area contributed by atoms with Crippen LogP contribution in [0.15, 0.2) is 41.5 Å². The van der Waals surface area contributed by atoms with Crippen molar-refractivity contribution in [2.45, 2.75) is 6.92 Å². The molecule has 0 aromatic heterocycles. The van der Waals surface area contributed by atoms with E-state index in [1.54, 1.807) is 36.4 Å². The van der Waals surface area contributed by atoms with Crippen LogP contribution in [0.25, 0.3) is 0 Å². The minimum absolute atomic E-state index is 0.392. The first-order valence-electron chi connectivity index (χ1n) is 8.70. The van der Waals surface area contributed by atoms with Gasteiger partial charge in [-0.2, -0.15) is 5.10 Å². The number of amides is 2. The lowest BCUT2D eigenvalue weighted by Gasteiger charge is -2.12. The van der Waals surface area contributed by atoms with Crippen molar-refractivity contribution in [1.29, 1.82) is 0 Å². The Morgan fingerprint density at radius 1 is 0.966 bits per heavy atom. The highest BCUT2D eigenvalue weighted by molar-refractivity contribution is 6.39. The molecule has 9 heteroatoms. The highest BCUT2D eigenvalue weighted by atomic mass is 16.5. The number of methoxy groups -OCH3 is 3. The van der Waals surface area contributed by atoms with Crippen LogP contribution in [0, 0.1) is 0 Å². The zero-order valence-corrected chi connectivity index (χ0v) is 16.6. The van der Waals surface area contributed by atoms with Gasteiger partial charge in [0.2, 0.25) is 5.75 Å². The van der Waals surface area contributed by atoms with Gasteiger partial charge in [-0.05, 0) is 31.2 Å². The van der Waals surface area contributed by atoms with Crippen molar-refractivity contribution in [2.24, 2.45) is 5.10 Å². The van der Waals surface area contributed by atoms with Crippen molar-refractivity contribution in [3.05, 3.63) is 42.0 Å². The Hall–Kier alpha value is -3.75. The quantitative estimate of drug-likeness (QED) is 0.399. The molecular formula is C20H23N3O6. The molecule has 2 aromatic carbocycles. The first-order chi connectivity index (χ1) is 14.0. The van der Waals surface area contributed by atoms with E-state index in [9.17, 15) is 9.59 Å². The summed E-state index contributed by atoms with van der Waals surface area (Å²) in [6.07, 6.45) is 1.35. The summed E-state index contributed by atoms with van der Waals surface area (Å²) in [5, 5.41) is 6.29. The number of nitrogens with one attached hydrogen (secondary N) is 2. The Morgan fingerprint density at radius 2 is 1.62 bits per heavy atom. The Labute approximate surface area is 168 Å². The third-order valence-corrected chi connectivity index (χ3v) is 3.71. The van der Waals surface area contributed by atoms with Gasteiger partial charge in [0.05, 0.1) is 39.8 Å². The molecule has 29 heavy (non-hydrogen) atoms. The summed E-state index contributed by atoms with van der Waals surface area (Å²) in [6, 6.07) is 10.1. The number of carbonyl (C=O) groups excluding carboxylic acids is 2. The molecule has 154 valence electrons. The molecule has 0 aliphatic rings. The third kappa shape index (κ3) is 5.61. The van der Waals surface area contributed by atoms with Crippen LogP contribution in [0.2, 0.25) is 0 Å². The van der Waals surface area contributed by atoms with Gasteiger partial charge in [0, 0.05) is 5.56 Å². The summed E-state index contributed by atoms with van der Waals surface area (Å²) in [6.45, 7) is 2.25. The van der Waals surface area contributed by atoms with E-state index in [1.165, 1.54) is 27.5 Å². The van der Waals surface area contributed by atoms with Gasteiger partial charge in [-0.1, -0.05) is 12.1 Å². The summed E-state index contributed by atoms with van der Waals surface area (Å²) < 4.78 is 21.2. The minimum Gasteiger partial charge on any atom is -0.493 e. The highest BCUT2D eigenvalue weighted by Crippen LogP contribution is 2.37. The molecule has 0 aliphatic carbocycles. The van der Waals surface area contributed by atoms with Gasteiger partial charge in [-0.15, -0.1) is 0 Å². The monoisotopic (exact) mass is 401 g/mol. The number of nitrogens with zero attached hydrogens (tertiary/aromatic N) is 1. The molecule has 0 atom stereocenters. The summed E-state index contributed by atoms with van der Waals surface area (Å²) in [5.74, 6) is -0.0328. The van der Waals surface area contributed by atoms with Crippen LogP contribution < -0.4 is 29.7 Å². The van der Waals surface area contributed by atoms with E-state index in [4.69, 9.17) is 18.9 Å². The Kier molecular flexibility index (Phi) is 7.84. The maximum atomic E-state index is 12.1. The number of anilines is 1. The molecule has 0 radical (unpaired) electrons. The number of hydrogen-bond donors (Lipinski definition) is 2. The van der Waals surface area contributed by atoms with Gasteiger partial charge < -0.3 is 24.3 Å². The lowest BCUT2D eigenvalue weighted by atomic mass is 10.2. The van der Waals surface area contributed by atoms with E-state index < -0.39 is 11.8 Å². The third-order valence-electron chi connectivity index (χ3n) is 3.71. The molecule has 2 N–H and O–H groups in total. The van der Waals surface area contributed by atoms with Crippen LogP contribution >= 0.6 is 0 Å². The summed E-state index contributed by atoms with van der Waals surface area (Å²) in [7, 11) is 4.48.